The highest BCUT2D eigenvalue weighted by Crippen LogP contribution is 2.20. The predicted molar refractivity (Wildman–Crippen MR) is 103 cm³/mol. The zero-order chi connectivity index (χ0) is 18.2. The van der Waals surface area contributed by atoms with Crippen molar-refractivity contribution in [3.63, 3.8) is 0 Å². The van der Waals surface area contributed by atoms with E-state index in [0.29, 0.717) is 12.4 Å². The zero-order valence-corrected chi connectivity index (χ0v) is 14.5. The lowest BCUT2D eigenvalue weighted by molar-refractivity contribution is -0.123. The van der Waals surface area contributed by atoms with Crippen LogP contribution in [0.2, 0.25) is 0 Å². The number of hydrazone groups is 1. The van der Waals surface area contributed by atoms with Gasteiger partial charge in [-0.05, 0) is 42.0 Å². The predicted octanol–water partition coefficient (Wildman–Crippen LogP) is 3.77. The Balaban J connectivity index is 1.54. The van der Waals surface area contributed by atoms with Crippen molar-refractivity contribution in [2.75, 3.05) is 13.2 Å². The number of benzene rings is 3. The van der Waals surface area contributed by atoms with Crippen LogP contribution >= 0.6 is 0 Å². The number of carbonyl (C=O) groups excluding carboxylic acids is 1. The van der Waals surface area contributed by atoms with Crippen LogP contribution in [0.15, 0.2) is 71.8 Å². The van der Waals surface area contributed by atoms with E-state index in [0.717, 1.165) is 22.1 Å². The minimum absolute atomic E-state index is 0.108. The normalized spacial score (nSPS) is 10.8. The van der Waals surface area contributed by atoms with Gasteiger partial charge in [0.05, 0.1) is 12.8 Å². The van der Waals surface area contributed by atoms with Gasteiger partial charge in [0.25, 0.3) is 5.91 Å². The largest absolute Gasteiger partial charge is 0.493 e. The third-order valence-corrected chi connectivity index (χ3v) is 3.70. The standard InChI is InChI=1S/C21H20N2O3/c1-2-25-20-10-6-5-9-18(20)14-22-23-21(24)15-26-19-12-11-16-7-3-4-8-17(16)13-19/h3-14H,2,15H2,1H3,(H,23,24). The summed E-state index contributed by atoms with van der Waals surface area (Å²) in [4.78, 5) is 11.9. The molecule has 0 bridgehead atoms. The van der Waals surface area contributed by atoms with Crippen LogP contribution in [0.3, 0.4) is 0 Å². The average molecular weight is 348 g/mol. The van der Waals surface area contributed by atoms with Gasteiger partial charge < -0.3 is 9.47 Å². The molecule has 132 valence electrons. The van der Waals surface area contributed by atoms with Crippen LogP contribution in [-0.4, -0.2) is 25.3 Å². The fourth-order valence-corrected chi connectivity index (χ4v) is 2.49. The first-order chi connectivity index (χ1) is 12.8. The first-order valence-electron chi connectivity index (χ1n) is 8.41. The highest BCUT2D eigenvalue weighted by molar-refractivity contribution is 5.86. The molecular weight excluding hydrogens is 328 g/mol. The molecule has 3 rings (SSSR count). The molecule has 0 fully saturated rings. The van der Waals surface area contributed by atoms with Crippen molar-refractivity contribution in [1.82, 2.24) is 5.43 Å². The number of hydrogen-bond acceptors (Lipinski definition) is 4. The maximum atomic E-state index is 11.9. The molecule has 1 amide bonds. The van der Waals surface area contributed by atoms with Gasteiger partial charge in [0, 0.05) is 5.56 Å². The lowest BCUT2D eigenvalue weighted by atomic mass is 10.1. The van der Waals surface area contributed by atoms with Crippen LogP contribution in [0.1, 0.15) is 12.5 Å². The van der Waals surface area contributed by atoms with Crippen LogP contribution in [0.5, 0.6) is 11.5 Å². The Kier molecular flexibility index (Phi) is 5.83. The van der Waals surface area contributed by atoms with Gasteiger partial charge in [-0.1, -0.05) is 42.5 Å². The molecule has 5 heteroatoms. The molecule has 0 atom stereocenters. The van der Waals surface area contributed by atoms with E-state index < -0.39 is 0 Å². The molecule has 3 aromatic rings. The number of hydrogen-bond donors (Lipinski definition) is 1. The number of carbonyl (C=O) groups is 1. The first-order valence-corrected chi connectivity index (χ1v) is 8.41. The van der Waals surface area contributed by atoms with Crippen LogP contribution in [0, 0.1) is 0 Å². The molecule has 0 spiro atoms. The molecule has 1 N–H and O–H groups in total. The van der Waals surface area contributed by atoms with E-state index in [1.54, 1.807) is 6.21 Å². The molecule has 0 aromatic heterocycles. The molecule has 0 aliphatic heterocycles. The zero-order valence-electron chi connectivity index (χ0n) is 14.5. The molecule has 26 heavy (non-hydrogen) atoms. The number of rotatable bonds is 7. The van der Waals surface area contributed by atoms with E-state index in [-0.39, 0.29) is 12.5 Å². The van der Waals surface area contributed by atoms with Gasteiger partial charge >= 0.3 is 0 Å². The average Bonchev–Trinajstić information content (AvgIpc) is 2.68. The smallest absolute Gasteiger partial charge is 0.277 e. The number of ether oxygens (including phenoxy) is 2. The van der Waals surface area contributed by atoms with Crippen molar-refractivity contribution < 1.29 is 14.3 Å². The SMILES string of the molecule is CCOc1ccccc1C=NNC(=O)COc1ccc2ccccc2c1. The van der Waals surface area contributed by atoms with E-state index in [4.69, 9.17) is 9.47 Å². The van der Waals surface area contributed by atoms with Gasteiger partial charge in [-0.2, -0.15) is 5.10 Å². The molecule has 0 heterocycles. The number of nitrogens with one attached hydrogen (secondary N) is 1. The van der Waals surface area contributed by atoms with E-state index >= 15 is 0 Å². The molecule has 0 aliphatic rings. The summed E-state index contributed by atoms with van der Waals surface area (Å²) in [5.41, 5.74) is 3.25. The summed E-state index contributed by atoms with van der Waals surface area (Å²) < 4.78 is 11.0. The summed E-state index contributed by atoms with van der Waals surface area (Å²) >= 11 is 0. The number of nitrogens with zero attached hydrogens (tertiary/aromatic N) is 1. The lowest BCUT2D eigenvalue weighted by Gasteiger charge is -2.07. The summed E-state index contributed by atoms with van der Waals surface area (Å²) in [7, 11) is 0. The monoisotopic (exact) mass is 348 g/mol. The molecular formula is C21H20N2O3. The molecule has 3 aromatic carbocycles. The van der Waals surface area contributed by atoms with E-state index in [2.05, 4.69) is 10.5 Å². The molecule has 0 radical (unpaired) electrons. The van der Waals surface area contributed by atoms with Crippen molar-refractivity contribution in [1.29, 1.82) is 0 Å². The summed E-state index contributed by atoms with van der Waals surface area (Å²) in [6.45, 7) is 2.37. The van der Waals surface area contributed by atoms with Gasteiger partial charge in [0.2, 0.25) is 0 Å². The fourth-order valence-electron chi connectivity index (χ4n) is 2.49. The molecule has 0 saturated heterocycles. The van der Waals surface area contributed by atoms with Gasteiger partial charge in [-0.3, -0.25) is 4.79 Å². The second kappa shape index (κ2) is 8.67. The van der Waals surface area contributed by atoms with Gasteiger partial charge in [-0.25, -0.2) is 5.43 Å². The van der Waals surface area contributed by atoms with Crippen LogP contribution < -0.4 is 14.9 Å². The Bertz CT molecular complexity index is 922. The Labute approximate surface area is 152 Å². The summed E-state index contributed by atoms with van der Waals surface area (Å²) in [5.74, 6) is 1.04. The second-order valence-electron chi connectivity index (χ2n) is 5.56. The molecule has 0 unspecified atom stereocenters. The molecule has 0 saturated carbocycles. The lowest BCUT2D eigenvalue weighted by Crippen LogP contribution is -2.24. The van der Waals surface area contributed by atoms with Crippen molar-refractivity contribution in [3.05, 3.63) is 72.3 Å². The highest BCUT2D eigenvalue weighted by Gasteiger charge is 2.03. The minimum atomic E-state index is -0.330. The highest BCUT2D eigenvalue weighted by atomic mass is 16.5. The van der Waals surface area contributed by atoms with Crippen molar-refractivity contribution in [2.24, 2.45) is 5.10 Å². The number of amides is 1. The van der Waals surface area contributed by atoms with Gasteiger partial charge in [0.1, 0.15) is 11.5 Å². The minimum Gasteiger partial charge on any atom is -0.493 e. The molecule has 5 nitrogen and oxygen atoms in total. The maximum Gasteiger partial charge on any atom is 0.277 e. The number of para-hydroxylation sites is 1. The van der Waals surface area contributed by atoms with Crippen LogP contribution in [-0.2, 0) is 4.79 Å². The van der Waals surface area contributed by atoms with E-state index in [1.165, 1.54) is 0 Å². The summed E-state index contributed by atoms with van der Waals surface area (Å²) in [6, 6.07) is 21.2. The first kappa shape index (κ1) is 17.5. The maximum absolute atomic E-state index is 11.9. The van der Waals surface area contributed by atoms with Crippen LogP contribution in [0.4, 0.5) is 0 Å². The summed E-state index contributed by atoms with van der Waals surface area (Å²) in [6.07, 6.45) is 1.55. The Morgan fingerprint density at radius 1 is 1.00 bits per heavy atom. The Morgan fingerprint density at radius 2 is 1.77 bits per heavy atom. The summed E-state index contributed by atoms with van der Waals surface area (Å²) in [5, 5.41) is 6.15. The third kappa shape index (κ3) is 4.60. The van der Waals surface area contributed by atoms with Gasteiger partial charge in [-0.15, -0.1) is 0 Å². The number of fused-ring (bicyclic) bond motifs is 1. The van der Waals surface area contributed by atoms with E-state index in [9.17, 15) is 4.79 Å². The van der Waals surface area contributed by atoms with Crippen molar-refractivity contribution in [3.8, 4) is 11.5 Å². The second-order valence-corrected chi connectivity index (χ2v) is 5.56. The quantitative estimate of drug-likeness (QED) is 0.522. The third-order valence-electron chi connectivity index (χ3n) is 3.70. The van der Waals surface area contributed by atoms with Crippen LogP contribution in [0.25, 0.3) is 10.8 Å². The van der Waals surface area contributed by atoms with Gasteiger partial charge in [0.15, 0.2) is 6.61 Å². The van der Waals surface area contributed by atoms with Crippen molar-refractivity contribution >= 4 is 22.9 Å². The van der Waals surface area contributed by atoms with E-state index in [1.807, 2.05) is 73.7 Å². The fraction of sp³-hybridized carbons (Fsp3) is 0.143. The van der Waals surface area contributed by atoms with Crippen molar-refractivity contribution in [2.45, 2.75) is 6.92 Å². The Morgan fingerprint density at radius 3 is 2.62 bits per heavy atom. The Hall–Kier alpha value is -3.34. The topological polar surface area (TPSA) is 59.9 Å². The molecule has 0 aliphatic carbocycles.